The summed E-state index contributed by atoms with van der Waals surface area (Å²) in [7, 11) is 0. The smallest absolute Gasteiger partial charge is 0.170 e. The fourth-order valence-corrected chi connectivity index (χ4v) is 0.357. The third-order valence-corrected chi connectivity index (χ3v) is 1.46. The average Bonchev–Trinajstić information content (AvgIpc) is 1.85. The summed E-state index contributed by atoms with van der Waals surface area (Å²) in [6.45, 7) is 7.57. The maximum Gasteiger partial charge on any atom is 0.170 e. The zero-order valence-electron chi connectivity index (χ0n) is 7.14. The number of hydrogen-bond acceptors (Lipinski definition) is 2. The van der Waals surface area contributed by atoms with Crippen molar-refractivity contribution >= 4 is 12.0 Å². The van der Waals surface area contributed by atoms with Gasteiger partial charge in [0.15, 0.2) is 5.78 Å². The molecule has 0 fully saturated rings. The topological polar surface area (TPSA) is 29.4 Å². The maximum atomic E-state index is 10.5. The van der Waals surface area contributed by atoms with Gasteiger partial charge in [0.1, 0.15) is 0 Å². The number of nitrogens with zero attached hydrogens (tertiary/aromatic N) is 1. The molecule has 0 N–H and O–H groups in total. The predicted molar refractivity (Wildman–Crippen MR) is 43.5 cm³/mol. The lowest BCUT2D eigenvalue weighted by atomic mass is 10.0. The van der Waals surface area contributed by atoms with E-state index in [0.29, 0.717) is 0 Å². The van der Waals surface area contributed by atoms with Gasteiger partial charge in [-0.15, -0.1) is 0 Å². The van der Waals surface area contributed by atoms with Crippen LogP contribution in [0.25, 0.3) is 0 Å². The Kier molecular flexibility index (Phi) is 3.26. The molecule has 2 nitrogen and oxygen atoms in total. The van der Waals surface area contributed by atoms with E-state index < -0.39 is 0 Å². The van der Waals surface area contributed by atoms with Gasteiger partial charge in [-0.05, 0) is 20.3 Å². The minimum Gasteiger partial charge on any atom is -0.293 e. The van der Waals surface area contributed by atoms with Crippen LogP contribution in [0.15, 0.2) is 4.99 Å². The van der Waals surface area contributed by atoms with E-state index in [9.17, 15) is 4.79 Å². The average molecular weight is 141 g/mol. The van der Waals surface area contributed by atoms with Crippen LogP contribution in [0.3, 0.4) is 0 Å². The number of carbonyl (C=O) groups excluding carboxylic acids is 1. The van der Waals surface area contributed by atoms with E-state index in [0.717, 1.165) is 6.42 Å². The third-order valence-electron chi connectivity index (χ3n) is 1.46. The van der Waals surface area contributed by atoms with E-state index in [1.807, 2.05) is 13.8 Å². The van der Waals surface area contributed by atoms with E-state index in [1.165, 1.54) is 13.1 Å². The van der Waals surface area contributed by atoms with Crippen molar-refractivity contribution in [2.45, 2.75) is 39.7 Å². The molecule has 0 unspecified atom stereocenters. The van der Waals surface area contributed by atoms with Gasteiger partial charge in [-0.2, -0.15) is 0 Å². The molecule has 0 amide bonds. The van der Waals surface area contributed by atoms with Crippen LogP contribution < -0.4 is 0 Å². The summed E-state index contributed by atoms with van der Waals surface area (Å²) < 4.78 is 0. The molecule has 0 aromatic carbocycles. The van der Waals surface area contributed by atoms with Crippen LogP contribution in [-0.2, 0) is 4.79 Å². The van der Waals surface area contributed by atoms with E-state index in [2.05, 4.69) is 11.9 Å². The highest BCUT2D eigenvalue weighted by Crippen LogP contribution is 2.11. The minimum absolute atomic E-state index is 0.0153. The molecule has 0 aliphatic rings. The van der Waals surface area contributed by atoms with Crippen molar-refractivity contribution in [3.05, 3.63) is 0 Å². The fraction of sp³-hybridized carbons (Fsp3) is 0.750. The Bertz CT molecular complexity index is 147. The first kappa shape index (κ1) is 9.34. The van der Waals surface area contributed by atoms with E-state index in [4.69, 9.17) is 0 Å². The number of hydrogen-bond donors (Lipinski definition) is 0. The van der Waals surface area contributed by atoms with Crippen LogP contribution in [0.5, 0.6) is 0 Å². The van der Waals surface area contributed by atoms with E-state index in [-0.39, 0.29) is 11.3 Å². The molecule has 0 saturated carbocycles. The molecule has 0 atom stereocenters. The molecular formula is C8H15NO. The molecule has 0 rings (SSSR count). The highest BCUT2D eigenvalue weighted by atomic mass is 16.1. The molecule has 58 valence electrons. The van der Waals surface area contributed by atoms with Crippen LogP contribution in [0.2, 0.25) is 0 Å². The summed E-state index contributed by atoms with van der Waals surface area (Å²) in [5, 5.41) is 0. The molecular weight excluding hydrogens is 126 g/mol. The van der Waals surface area contributed by atoms with Crippen LogP contribution in [-0.4, -0.2) is 17.5 Å². The Hall–Kier alpha value is -0.660. The Labute approximate surface area is 62.4 Å². The Morgan fingerprint density at radius 2 is 2.10 bits per heavy atom. The number of aliphatic imine (C=N–C) groups is 1. The second-order valence-electron chi connectivity index (χ2n) is 3.03. The minimum atomic E-state index is -0.0777. The fourth-order valence-electron chi connectivity index (χ4n) is 0.357. The number of rotatable bonds is 3. The standard InChI is InChI=1S/C8H15NO/c1-5-8(3,4)9-6-7(2)10/h6H,5H2,1-4H3. The number of carbonyl (C=O) groups is 1. The molecule has 0 heterocycles. The molecule has 0 aliphatic carbocycles. The van der Waals surface area contributed by atoms with Crippen molar-refractivity contribution in [3.63, 3.8) is 0 Å². The first-order valence-electron chi connectivity index (χ1n) is 3.54. The number of Topliss-reactive ketones (excluding diaryl/α,β-unsaturated/α-hetero) is 1. The largest absolute Gasteiger partial charge is 0.293 e. The van der Waals surface area contributed by atoms with Crippen LogP contribution in [0.4, 0.5) is 0 Å². The van der Waals surface area contributed by atoms with Crippen molar-refractivity contribution in [2.24, 2.45) is 4.99 Å². The normalized spacial score (nSPS) is 12.4. The highest BCUT2D eigenvalue weighted by Gasteiger charge is 2.10. The molecule has 10 heavy (non-hydrogen) atoms. The summed E-state index contributed by atoms with van der Waals surface area (Å²) in [4.78, 5) is 14.6. The lowest BCUT2D eigenvalue weighted by molar-refractivity contribution is -0.110. The maximum absolute atomic E-state index is 10.5. The molecule has 0 spiro atoms. The lowest BCUT2D eigenvalue weighted by Gasteiger charge is -2.15. The molecule has 0 aromatic heterocycles. The van der Waals surface area contributed by atoms with Gasteiger partial charge in [-0.1, -0.05) is 6.92 Å². The molecule has 0 radical (unpaired) electrons. The summed E-state index contributed by atoms with van der Waals surface area (Å²) >= 11 is 0. The van der Waals surface area contributed by atoms with Gasteiger partial charge in [-0.25, -0.2) is 0 Å². The first-order chi connectivity index (χ1) is 4.48. The van der Waals surface area contributed by atoms with Crippen molar-refractivity contribution in [2.75, 3.05) is 0 Å². The SMILES string of the molecule is CCC(C)(C)N=CC(C)=O. The summed E-state index contributed by atoms with van der Waals surface area (Å²) in [6.07, 6.45) is 2.35. The second kappa shape index (κ2) is 3.49. The Morgan fingerprint density at radius 3 is 2.40 bits per heavy atom. The molecule has 0 aliphatic heterocycles. The molecule has 0 saturated heterocycles. The zero-order valence-corrected chi connectivity index (χ0v) is 7.14. The van der Waals surface area contributed by atoms with Gasteiger partial charge in [-0.3, -0.25) is 9.79 Å². The molecule has 2 heteroatoms. The van der Waals surface area contributed by atoms with Gasteiger partial charge in [0, 0.05) is 6.92 Å². The van der Waals surface area contributed by atoms with Crippen LogP contribution >= 0.6 is 0 Å². The molecule has 0 bridgehead atoms. The van der Waals surface area contributed by atoms with Gasteiger partial charge >= 0.3 is 0 Å². The second-order valence-corrected chi connectivity index (χ2v) is 3.03. The Morgan fingerprint density at radius 1 is 1.60 bits per heavy atom. The quantitative estimate of drug-likeness (QED) is 0.551. The van der Waals surface area contributed by atoms with Crippen molar-refractivity contribution in [3.8, 4) is 0 Å². The van der Waals surface area contributed by atoms with Crippen LogP contribution in [0.1, 0.15) is 34.1 Å². The monoisotopic (exact) mass is 141 g/mol. The summed E-state index contributed by atoms with van der Waals surface area (Å²) in [5.74, 6) is 0.0153. The summed E-state index contributed by atoms with van der Waals surface area (Å²) in [6, 6.07) is 0. The van der Waals surface area contributed by atoms with Gasteiger partial charge < -0.3 is 0 Å². The van der Waals surface area contributed by atoms with Crippen LogP contribution in [0, 0.1) is 0 Å². The van der Waals surface area contributed by atoms with Crippen molar-refractivity contribution in [1.29, 1.82) is 0 Å². The van der Waals surface area contributed by atoms with E-state index >= 15 is 0 Å². The highest BCUT2D eigenvalue weighted by molar-refractivity contribution is 6.26. The van der Waals surface area contributed by atoms with Gasteiger partial charge in [0.25, 0.3) is 0 Å². The van der Waals surface area contributed by atoms with E-state index in [1.54, 1.807) is 0 Å². The third kappa shape index (κ3) is 4.24. The number of ketones is 1. The Balaban J connectivity index is 3.99. The summed E-state index contributed by atoms with van der Waals surface area (Å²) in [5.41, 5.74) is -0.0777. The van der Waals surface area contributed by atoms with Gasteiger partial charge in [0.05, 0.1) is 11.8 Å². The van der Waals surface area contributed by atoms with Crippen molar-refractivity contribution in [1.82, 2.24) is 0 Å². The lowest BCUT2D eigenvalue weighted by Crippen LogP contribution is -2.15. The van der Waals surface area contributed by atoms with Crippen molar-refractivity contribution < 1.29 is 4.79 Å². The molecule has 0 aromatic rings. The predicted octanol–water partition coefficient (Wildman–Crippen LogP) is 1.83. The zero-order chi connectivity index (χ0) is 8.20. The first-order valence-corrected chi connectivity index (χ1v) is 3.54. The van der Waals surface area contributed by atoms with Gasteiger partial charge in [0.2, 0.25) is 0 Å².